The Balaban J connectivity index is 1.90. The monoisotopic (exact) mass is 372 g/mol. The van der Waals surface area contributed by atoms with E-state index in [0.717, 1.165) is 38.8 Å². The SMILES string of the molecule is C[C@H](OCC(F)(F)F)C(=O)Nc1ccc(C(=O)N2CCCCCC2)cc1. The third-order valence-corrected chi connectivity index (χ3v) is 4.16. The molecule has 26 heavy (non-hydrogen) atoms. The molecule has 0 unspecified atom stereocenters. The van der Waals surface area contributed by atoms with Gasteiger partial charge in [0, 0.05) is 24.3 Å². The molecule has 1 saturated heterocycles. The topological polar surface area (TPSA) is 58.6 Å². The zero-order valence-corrected chi connectivity index (χ0v) is 14.6. The minimum atomic E-state index is -4.48. The lowest BCUT2D eigenvalue weighted by atomic mass is 10.1. The van der Waals surface area contributed by atoms with Gasteiger partial charge in [-0.2, -0.15) is 13.2 Å². The van der Waals surface area contributed by atoms with E-state index in [4.69, 9.17) is 0 Å². The second-order valence-electron chi connectivity index (χ2n) is 6.34. The minimum absolute atomic E-state index is 0.0494. The van der Waals surface area contributed by atoms with Gasteiger partial charge in [0.15, 0.2) is 0 Å². The van der Waals surface area contributed by atoms with Crippen molar-refractivity contribution in [3.05, 3.63) is 29.8 Å². The largest absolute Gasteiger partial charge is 0.411 e. The number of nitrogens with one attached hydrogen (secondary N) is 1. The molecular weight excluding hydrogens is 349 g/mol. The van der Waals surface area contributed by atoms with Gasteiger partial charge in [-0.1, -0.05) is 12.8 Å². The molecule has 1 aliphatic rings. The van der Waals surface area contributed by atoms with Gasteiger partial charge in [-0.05, 0) is 44.0 Å². The molecule has 1 aromatic rings. The van der Waals surface area contributed by atoms with Crippen molar-refractivity contribution >= 4 is 17.5 Å². The van der Waals surface area contributed by atoms with Crippen molar-refractivity contribution < 1.29 is 27.5 Å². The van der Waals surface area contributed by atoms with E-state index in [0.29, 0.717) is 11.3 Å². The number of halogens is 3. The number of likely N-dealkylation sites (tertiary alicyclic amines) is 1. The molecule has 0 bridgehead atoms. The van der Waals surface area contributed by atoms with Crippen molar-refractivity contribution in [2.75, 3.05) is 25.0 Å². The highest BCUT2D eigenvalue weighted by Gasteiger charge is 2.30. The maximum absolute atomic E-state index is 12.5. The molecule has 1 atom stereocenters. The van der Waals surface area contributed by atoms with Crippen LogP contribution in [0.3, 0.4) is 0 Å². The van der Waals surface area contributed by atoms with Gasteiger partial charge in [-0.15, -0.1) is 0 Å². The number of rotatable bonds is 5. The van der Waals surface area contributed by atoms with Gasteiger partial charge in [-0.25, -0.2) is 0 Å². The van der Waals surface area contributed by atoms with Gasteiger partial charge in [0.05, 0.1) is 0 Å². The van der Waals surface area contributed by atoms with E-state index in [2.05, 4.69) is 10.1 Å². The molecule has 0 aromatic heterocycles. The highest BCUT2D eigenvalue weighted by molar-refractivity contribution is 5.96. The Bertz CT molecular complexity index is 609. The van der Waals surface area contributed by atoms with Crippen molar-refractivity contribution in [1.29, 1.82) is 0 Å². The summed E-state index contributed by atoms with van der Waals surface area (Å²) < 4.78 is 40.8. The Labute approximate surface area is 150 Å². The Kier molecular flexibility index (Phi) is 7.02. The van der Waals surface area contributed by atoms with Crippen LogP contribution in [0.5, 0.6) is 0 Å². The van der Waals surface area contributed by atoms with E-state index < -0.39 is 24.8 Å². The van der Waals surface area contributed by atoms with Crippen LogP contribution < -0.4 is 5.32 Å². The number of hydrogen-bond acceptors (Lipinski definition) is 3. The lowest BCUT2D eigenvalue weighted by Crippen LogP contribution is -2.32. The second kappa shape index (κ2) is 9.02. The standard InChI is InChI=1S/C18H23F3N2O3/c1-13(26-12-18(19,20)21)16(24)22-15-8-6-14(7-9-15)17(25)23-10-4-2-3-5-11-23/h6-9,13H,2-5,10-12H2,1H3,(H,22,24)/t13-/m0/s1. The zero-order chi connectivity index (χ0) is 19.2. The van der Waals surface area contributed by atoms with Crippen LogP contribution in [-0.2, 0) is 9.53 Å². The summed E-state index contributed by atoms with van der Waals surface area (Å²) in [5, 5.41) is 2.48. The molecule has 1 heterocycles. The Morgan fingerprint density at radius 3 is 2.23 bits per heavy atom. The number of amides is 2. The molecule has 0 radical (unpaired) electrons. The average Bonchev–Trinajstić information content (AvgIpc) is 2.88. The van der Waals surface area contributed by atoms with Crippen LogP contribution in [0.25, 0.3) is 0 Å². The number of hydrogen-bond donors (Lipinski definition) is 1. The Hall–Kier alpha value is -2.09. The summed E-state index contributed by atoms with van der Waals surface area (Å²) in [6, 6.07) is 6.31. The van der Waals surface area contributed by atoms with E-state index >= 15 is 0 Å². The first-order valence-electron chi connectivity index (χ1n) is 8.65. The van der Waals surface area contributed by atoms with Crippen LogP contribution >= 0.6 is 0 Å². The van der Waals surface area contributed by atoms with Crippen molar-refractivity contribution in [3.63, 3.8) is 0 Å². The molecule has 0 aliphatic carbocycles. The molecule has 1 N–H and O–H groups in total. The van der Waals surface area contributed by atoms with Gasteiger partial charge in [0.1, 0.15) is 12.7 Å². The normalized spacial score (nSPS) is 16.7. The van der Waals surface area contributed by atoms with Gasteiger partial charge < -0.3 is 15.0 Å². The molecule has 2 rings (SSSR count). The number of ether oxygens (including phenoxy) is 1. The van der Waals surface area contributed by atoms with Gasteiger partial charge in [-0.3, -0.25) is 9.59 Å². The van der Waals surface area contributed by atoms with Crippen LogP contribution in [0.4, 0.5) is 18.9 Å². The van der Waals surface area contributed by atoms with Crippen molar-refractivity contribution in [2.45, 2.75) is 44.9 Å². The number of carbonyl (C=O) groups is 2. The average molecular weight is 372 g/mol. The summed E-state index contributed by atoms with van der Waals surface area (Å²) >= 11 is 0. The molecule has 0 saturated carbocycles. The fraction of sp³-hybridized carbons (Fsp3) is 0.556. The van der Waals surface area contributed by atoms with E-state index in [1.807, 2.05) is 4.90 Å². The number of alkyl halides is 3. The molecule has 8 heteroatoms. The van der Waals surface area contributed by atoms with Crippen molar-refractivity contribution in [1.82, 2.24) is 4.90 Å². The van der Waals surface area contributed by atoms with E-state index in [9.17, 15) is 22.8 Å². The van der Waals surface area contributed by atoms with Crippen LogP contribution in [0.2, 0.25) is 0 Å². The quantitative estimate of drug-likeness (QED) is 0.859. The first-order valence-corrected chi connectivity index (χ1v) is 8.65. The van der Waals surface area contributed by atoms with Gasteiger partial charge in [0.25, 0.3) is 11.8 Å². The number of benzene rings is 1. The fourth-order valence-corrected chi connectivity index (χ4v) is 2.69. The maximum Gasteiger partial charge on any atom is 0.411 e. The zero-order valence-electron chi connectivity index (χ0n) is 14.6. The summed E-state index contributed by atoms with van der Waals surface area (Å²) in [6.45, 7) is 1.25. The Morgan fingerprint density at radius 2 is 1.69 bits per heavy atom. The molecule has 1 fully saturated rings. The third kappa shape index (κ3) is 6.33. The van der Waals surface area contributed by atoms with Crippen LogP contribution in [0, 0.1) is 0 Å². The van der Waals surface area contributed by atoms with E-state index in [-0.39, 0.29) is 5.91 Å². The van der Waals surface area contributed by atoms with Crippen molar-refractivity contribution in [3.8, 4) is 0 Å². The fourth-order valence-electron chi connectivity index (χ4n) is 2.69. The highest BCUT2D eigenvalue weighted by atomic mass is 19.4. The summed E-state index contributed by atoms with van der Waals surface area (Å²) in [4.78, 5) is 26.2. The van der Waals surface area contributed by atoms with Crippen LogP contribution in [0.1, 0.15) is 43.0 Å². The number of nitrogens with zero attached hydrogens (tertiary/aromatic N) is 1. The smallest absolute Gasteiger partial charge is 0.359 e. The molecular formula is C18H23F3N2O3. The first-order chi connectivity index (χ1) is 12.3. The van der Waals surface area contributed by atoms with Crippen LogP contribution in [-0.4, -0.2) is 48.7 Å². The lowest BCUT2D eigenvalue weighted by molar-refractivity contribution is -0.184. The number of anilines is 1. The predicted molar refractivity (Wildman–Crippen MR) is 90.9 cm³/mol. The summed E-state index contributed by atoms with van der Waals surface area (Å²) in [7, 11) is 0. The molecule has 5 nitrogen and oxygen atoms in total. The molecule has 0 spiro atoms. The molecule has 1 aromatic carbocycles. The molecule has 144 valence electrons. The minimum Gasteiger partial charge on any atom is -0.359 e. The second-order valence-corrected chi connectivity index (χ2v) is 6.34. The maximum atomic E-state index is 12.5. The van der Waals surface area contributed by atoms with Gasteiger partial charge >= 0.3 is 6.18 Å². The van der Waals surface area contributed by atoms with Gasteiger partial charge in [0.2, 0.25) is 0 Å². The number of carbonyl (C=O) groups excluding carboxylic acids is 2. The summed E-state index contributed by atoms with van der Waals surface area (Å²) in [5.41, 5.74) is 0.913. The predicted octanol–water partition coefficient (Wildman–Crippen LogP) is 3.61. The highest BCUT2D eigenvalue weighted by Crippen LogP contribution is 2.17. The summed E-state index contributed by atoms with van der Waals surface area (Å²) in [6.07, 6.45) is -1.47. The third-order valence-electron chi connectivity index (χ3n) is 4.16. The molecule has 1 aliphatic heterocycles. The molecule has 2 amide bonds. The Morgan fingerprint density at radius 1 is 1.12 bits per heavy atom. The first kappa shape index (κ1) is 20.2. The van der Waals surface area contributed by atoms with E-state index in [1.165, 1.54) is 6.92 Å². The summed E-state index contributed by atoms with van der Waals surface area (Å²) in [5.74, 6) is -0.729. The van der Waals surface area contributed by atoms with Crippen molar-refractivity contribution in [2.24, 2.45) is 0 Å². The van der Waals surface area contributed by atoms with Crippen LogP contribution in [0.15, 0.2) is 24.3 Å². The lowest BCUT2D eigenvalue weighted by Gasteiger charge is -2.20. The van der Waals surface area contributed by atoms with E-state index in [1.54, 1.807) is 24.3 Å².